The number of morpholine rings is 1. The van der Waals surface area contributed by atoms with Crippen LogP contribution in [0.3, 0.4) is 0 Å². The Kier molecular flexibility index (Phi) is 4.84. The van der Waals surface area contributed by atoms with Crippen LogP contribution >= 0.6 is 0 Å². The maximum Gasteiger partial charge on any atom is 0.144 e. The first-order valence-corrected chi connectivity index (χ1v) is 10.2. The number of fused-ring (bicyclic) bond motifs is 1. The van der Waals surface area contributed by atoms with E-state index >= 15 is 0 Å². The molecule has 0 aromatic heterocycles. The summed E-state index contributed by atoms with van der Waals surface area (Å²) in [6.07, 6.45) is 1.02. The van der Waals surface area contributed by atoms with Gasteiger partial charge in [-0.2, -0.15) is 5.11 Å². The maximum atomic E-state index is 5.64. The highest BCUT2D eigenvalue weighted by atomic mass is 16.5. The Balaban J connectivity index is 1.42. The van der Waals surface area contributed by atoms with Crippen LogP contribution in [0.15, 0.2) is 71.0 Å². The van der Waals surface area contributed by atoms with Gasteiger partial charge in [0.1, 0.15) is 11.7 Å². The third-order valence-electron chi connectivity index (χ3n) is 6.22. The van der Waals surface area contributed by atoms with Crippen LogP contribution in [0, 0.1) is 0 Å². The van der Waals surface area contributed by atoms with E-state index < -0.39 is 0 Å². The topological polar surface area (TPSA) is 43.7 Å². The fourth-order valence-corrected chi connectivity index (χ4v) is 4.82. The minimum atomic E-state index is -0.182. The molecule has 2 saturated heterocycles. The first kappa shape index (κ1) is 17.8. The number of anilines is 1. The van der Waals surface area contributed by atoms with Crippen molar-refractivity contribution >= 4 is 5.69 Å². The van der Waals surface area contributed by atoms with E-state index in [9.17, 15) is 0 Å². The lowest BCUT2D eigenvalue weighted by Gasteiger charge is -2.52. The zero-order valence-corrected chi connectivity index (χ0v) is 16.2. The van der Waals surface area contributed by atoms with Crippen molar-refractivity contribution in [3.8, 4) is 0 Å². The van der Waals surface area contributed by atoms with Crippen LogP contribution in [0.5, 0.6) is 0 Å². The zero-order valence-electron chi connectivity index (χ0n) is 16.2. The normalized spacial score (nSPS) is 28.4. The van der Waals surface area contributed by atoms with Crippen molar-refractivity contribution in [1.29, 1.82) is 0 Å². The molecule has 2 atom stereocenters. The molecule has 2 fully saturated rings. The summed E-state index contributed by atoms with van der Waals surface area (Å²) in [5.74, 6) is 0. The van der Waals surface area contributed by atoms with Gasteiger partial charge in [-0.1, -0.05) is 53.8 Å². The molecule has 28 heavy (non-hydrogen) atoms. The van der Waals surface area contributed by atoms with Gasteiger partial charge in [0.15, 0.2) is 0 Å². The lowest BCUT2D eigenvalue weighted by Crippen LogP contribution is -2.70. The Hall–Kier alpha value is -2.28. The first-order valence-electron chi connectivity index (χ1n) is 10.2. The smallest absolute Gasteiger partial charge is 0.144 e. The van der Waals surface area contributed by atoms with Crippen LogP contribution in [0.2, 0.25) is 0 Å². The predicted molar refractivity (Wildman–Crippen MR) is 109 cm³/mol. The highest BCUT2D eigenvalue weighted by molar-refractivity contribution is 5.49. The quantitative estimate of drug-likeness (QED) is 0.821. The second kappa shape index (κ2) is 7.62. The molecule has 0 saturated carbocycles. The second-order valence-corrected chi connectivity index (χ2v) is 7.82. The van der Waals surface area contributed by atoms with Crippen LogP contribution < -0.4 is 5.01 Å². The van der Waals surface area contributed by atoms with Crippen LogP contribution in [0.25, 0.3) is 0 Å². The van der Waals surface area contributed by atoms with Gasteiger partial charge in [0, 0.05) is 39.1 Å². The van der Waals surface area contributed by atoms with Crippen molar-refractivity contribution in [2.75, 3.05) is 44.4 Å². The van der Waals surface area contributed by atoms with E-state index in [2.05, 4.69) is 80.7 Å². The van der Waals surface area contributed by atoms with E-state index in [1.165, 1.54) is 5.56 Å². The fraction of sp³-hybridized carbons (Fsp3) is 0.455. The van der Waals surface area contributed by atoms with Crippen molar-refractivity contribution in [2.24, 2.45) is 10.3 Å². The predicted octanol–water partition coefficient (Wildman–Crippen LogP) is 3.18. The summed E-state index contributed by atoms with van der Waals surface area (Å²) in [5, 5.41) is 11.7. The molecule has 0 N–H and O–H groups in total. The van der Waals surface area contributed by atoms with E-state index in [0.717, 1.165) is 58.0 Å². The third kappa shape index (κ3) is 3.11. The van der Waals surface area contributed by atoms with E-state index in [-0.39, 0.29) is 11.7 Å². The van der Waals surface area contributed by atoms with Gasteiger partial charge in [0.05, 0.1) is 18.9 Å². The van der Waals surface area contributed by atoms with Gasteiger partial charge in [0.25, 0.3) is 0 Å². The minimum Gasteiger partial charge on any atom is -0.379 e. The minimum absolute atomic E-state index is 0.142. The number of rotatable bonds is 4. The molecule has 0 spiro atoms. The van der Waals surface area contributed by atoms with Crippen molar-refractivity contribution < 1.29 is 4.74 Å². The zero-order chi connectivity index (χ0) is 18.8. The van der Waals surface area contributed by atoms with E-state index in [0.29, 0.717) is 0 Å². The van der Waals surface area contributed by atoms with Crippen molar-refractivity contribution in [3.63, 3.8) is 0 Å². The molecular formula is C22H27N5O. The molecule has 146 valence electrons. The molecule has 0 radical (unpaired) electrons. The van der Waals surface area contributed by atoms with Crippen LogP contribution in [0.1, 0.15) is 12.0 Å². The second-order valence-electron chi connectivity index (χ2n) is 7.82. The van der Waals surface area contributed by atoms with Gasteiger partial charge in [-0.15, -0.1) is 0 Å². The van der Waals surface area contributed by atoms with Crippen molar-refractivity contribution in [1.82, 2.24) is 9.80 Å². The molecule has 6 nitrogen and oxygen atoms in total. The molecular weight excluding hydrogens is 350 g/mol. The summed E-state index contributed by atoms with van der Waals surface area (Å²) in [4.78, 5) is 5.08. The summed E-state index contributed by atoms with van der Waals surface area (Å²) in [7, 11) is 0. The maximum absolute atomic E-state index is 5.64. The Morgan fingerprint density at radius 1 is 0.929 bits per heavy atom. The van der Waals surface area contributed by atoms with Gasteiger partial charge in [0.2, 0.25) is 0 Å². The molecule has 6 heteroatoms. The van der Waals surface area contributed by atoms with E-state index in [1.807, 2.05) is 0 Å². The molecule has 3 aliphatic rings. The highest BCUT2D eigenvalue weighted by Crippen LogP contribution is 2.42. The number of benzene rings is 2. The molecule has 2 aromatic rings. The van der Waals surface area contributed by atoms with Crippen LogP contribution in [0.4, 0.5) is 5.69 Å². The molecule has 0 bridgehead atoms. The van der Waals surface area contributed by atoms with Crippen molar-refractivity contribution in [3.05, 3.63) is 66.2 Å². The molecule has 0 aliphatic carbocycles. The van der Waals surface area contributed by atoms with Gasteiger partial charge in [-0.3, -0.25) is 9.80 Å². The Labute approximate surface area is 166 Å². The number of ether oxygens (including phenoxy) is 1. The molecule has 2 aromatic carbocycles. The molecule has 0 amide bonds. The van der Waals surface area contributed by atoms with E-state index in [4.69, 9.17) is 9.85 Å². The Morgan fingerprint density at radius 2 is 1.64 bits per heavy atom. The SMILES string of the molecule is c1ccc(CN2CCC3(N4CCOCC4)C(C2)N=NN3c2ccccc2)cc1. The number of nitrogens with zero attached hydrogens (tertiary/aromatic N) is 5. The fourth-order valence-electron chi connectivity index (χ4n) is 4.82. The van der Waals surface area contributed by atoms with Crippen LogP contribution in [-0.2, 0) is 11.3 Å². The summed E-state index contributed by atoms with van der Waals surface area (Å²) >= 11 is 0. The summed E-state index contributed by atoms with van der Waals surface area (Å²) in [5.41, 5.74) is 2.30. The Bertz CT molecular complexity index is 808. The molecule has 5 rings (SSSR count). The van der Waals surface area contributed by atoms with Gasteiger partial charge in [-0.05, 0) is 17.7 Å². The number of para-hydroxylation sites is 1. The highest BCUT2D eigenvalue weighted by Gasteiger charge is 2.56. The third-order valence-corrected chi connectivity index (χ3v) is 6.22. The number of hydrogen-bond donors (Lipinski definition) is 0. The average molecular weight is 377 g/mol. The lowest BCUT2D eigenvalue weighted by atomic mass is 9.88. The number of piperidine rings is 1. The van der Waals surface area contributed by atoms with Crippen LogP contribution in [-0.4, -0.2) is 60.9 Å². The Morgan fingerprint density at radius 3 is 2.39 bits per heavy atom. The standard InChI is InChI=1S/C22H27N5O/c1-3-7-19(8-4-1)17-25-12-11-22(26-13-15-28-16-14-26)21(18-25)23-24-27(22)20-9-5-2-6-10-20/h1-10,21H,11-18H2. The van der Waals surface area contributed by atoms with Crippen molar-refractivity contribution in [2.45, 2.75) is 24.7 Å². The average Bonchev–Trinajstić information content (AvgIpc) is 3.15. The summed E-state index contributed by atoms with van der Waals surface area (Å²) in [6.45, 7) is 6.37. The monoisotopic (exact) mass is 377 g/mol. The molecule has 2 unspecified atom stereocenters. The van der Waals surface area contributed by atoms with Gasteiger partial charge >= 0.3 is 0 Å². The number of likely N-dealkylation sites (tertiary alicyclic amines) is 1. The summed E-state index contributed by atoms with van der Waals surface area (Å²) < 4.78 is 5.64. The largest absolute Gasteiger partial charge is 0.379 e. The first-order chi connectivity index (χ1) is 13.9. The molecule has 3 aliphatic heterocycles. The van der Waals surface area contributed by atoms with Gasteiger partial charge in [-0.25, -0.2) is 5.01 Å². The summed E-state index contributed by atoms with van der Waals surface area (Å²) in [6, 6.07) is 21.3. The van der Waals surface area contributed by atoms with Gasteiger partial charge < -0.3 is 4.74 Å². The number of hydrogen-bond acceptors (Lipinski definition) is 6. The lowest BCUT2D eigenvalue weighted by molar-refractivity contribution is -0.0507. The molecule has 3 heterocycles. The van der Waals surface area contributed by atoms with E-state index in [1.54, 1.807) is 0 Å².